The van der Waals surface area contributed by atoms with Gasteiger partial charge in [-0.1, -0.05) is 47.6 Å². The highest BCUT2D eigenvalue weighted by Gasteiger charge is 2.25. The van der Waals surface area contributed by atoms with Crippen LogP contribution in [0.1, 0.15) is 16.1 Å². The van der Waals surface area contributed by atoms with Crippen LogP contribution >= 0.6 is 0 Å². The zero-order valence-corrected chi connectivity index (χ0v) is 15.5. The lowest BCUT2D eigenvalue weighted by molar-refractivity contribution is 0.0916. The third kappa shape index (κ3) is 4.18. The molecule has 6 nitrogen and oxygen atoms in total. The first-order chi connectivity index (χ1) is 13.2. The normalized spacial score (nSPS) is 19.1. The van der Waals surface area contributed by atoms with Gasteiger partial charge in [-0.25, -0.2) is 0 Å². The summed E-state index contributed by atoms with van der Waals surface area (Å²) in [6.45, 7) is 4.46. The highest BCUT2D eigenvalue weighted by molar-refractivity contribution is 6.04. The van der Waals surface area contributed by atoms with Gasteiger partial charge in [0.05, 0.1) is 11.4 Å². The Morgan fingerprint density at radius 1 is 1.11 bits per heavy atom. The molecule has 1 amide bonds. The van der Waals surface area contributed by atoms with Gasteiger partial charge in [-0.2, -0.15) is 0 Å². The van der Waals surface area contributed by atoms with E-state index in [2.05, 4.69) is 51.6 Å². The van der Waals surface area contributed by atoms with Gasteiger partial charge in [0, 0.05) is 32.7 Å². The van der Waals surface area contributed by atoms with E-state index in [-0.39, 0.29) is 11.9 Å². The van der Waals surface area contributed by atoms with Crippen LogP contribution in [0, 0.1) is 0 Å². The number of aromatic nitrogens is 1. The largest absolute Gasteiger partial charge is 0.355 e. The molecule has 2 aromatic carbocycles. The van der Waals surface area contributed by atoms with Gasteiger partial charge < -0.3 is 14.7 Å². The summed E-state index contributed by atoms with van der Waals surface area (Å²) in [6, 6.07) is 17.9. The summed E-state index contributed by atoms with van der Waals surface area (Å²) < 4.78 is 5.27. The predicted octanol–water partition coefficient (Wildman–Crippen LogP) is 2.37. The lowest BCUT2D eigenvalue weighted by atomic mass is 10.1. The van der Waals surface area contributed by atoms with Gasteiger partial charge >= 0.3 is 0 Å². The summed E-state index contributed by atoms with van der Waals surface area (Å²) in [7, 11) is 2.09. The molecule has 4 rings (SSSR count). The number of carbonyl (C=O) groups is 1. The molecule has 1 aliphatic rings. The fourth-order valence-corrected chi connectivity index (χ4v) is 3.62. The first-order valence-electron chi connectivity index (χ1n) is 9.29. The number of fused-ring (bicyclic) bond motifs is 1. The number of para-hydroxylation sites is 1. The summed E-state index contributed by atoms with van der Waals surface area (Å²) in [5, 5.41) is 7.88. The molecule has 1 saturated heterocycles. The first-order valence-corrected chi connectivity index (χ1v) is 9.29. The third-order valence-electron chi connectivity index (χ3n) is 4.99. The second-order valence-corrected chi connectivity index (χ2v) is 7.18. The van der Waals surface area contributed by atoms with E-state index >= 15 is 0 Å². The Hall–Kier alpha value is -2.70. The van der Waals surface area contributed by atoms with E-state index in [0.717, 1.165) is 38.1 Å². The number of likely N-dealkylation sites (N-methyl/N-ethyl adjacent to an activating group) is 1. The Morgan fingerprint density at radius 3 is 2.74 bits per heavy atom. The molecule has 2 heterocycles. The van der Waals surface area contributed by atoms with Crippen LogP contribution in [0.3, 0.4) is 0 Å². The van der Waals surface area contributed by atoms with Gasteiger partial charge in [-0.05, 0) is 24.7 Å². The molecule has 6 heteroatoms. The molecule has 0 radical (unpaired) electrons. The molecule has 140 valence electrons. The molecule has 1 fully saturated rings. The standard InChI is InChI=1S/C21H24N4O2/c1-24-11-12-25(13-16-7-3-2-4-8-16)15-17(14-24)22-21(26)20-18-9-5-6-10-19(18)27-23-20/h2-10,17H,11-15H2,1H3,(H,22,26). The maximum absolute atomic E-state index is 12.8. The predicted molar refractivity (Wildman–Crippen MR) is 104 cm³/mol. The van der Waals surface area contributed by atoms with Crippen LogP contribution < -0.4 is 5.32 Å². The van der Waals surface area contributed by atoms with Crippen molar-refractivity contribution in [2.75, 3.05) is 33.2 Å². The smallest absolute Gasteiger partial charge is 0.274 e. The van der Waals surface area contributed by atoms with Gasteiger partial charge in [0.25, 0.3) is 5.91 Å². The van der Waals surface area contributed by atoms with Crippen molar-refractivity contribution in [3.05, 3.63) is 65.9 Å². The average Bonchev–Trinajstić information content (AvgIpc) is 3.03. The van der Waals surface area contributed by atoms with Crippen LogP contribution in [0.2, 0.25) is 0 Å². The Kier molecular flexibility index (Phi) is 5.18. The topological polar surface area (TPSA) is 61.6 Å². The minimum atomic E-state index is -0.181. The molecule has 0 spiro atoms. The van der Waals surface area contributed by atoms with Crippen LogP contribution in [0.15, 0.2) is 59.1 Å². The summed E-state index contributed by atoms with van der Waals surface area (Å²) in [5.74, 6) is -0.181. The fourth-order valence-electron chi connectivity index (χ4n) is 3.62. The van der Waals surface area contributed by atoms with Crippen molar-refractivity contribution in [3.8, 4) is 0 Å². The molecule has 1 unspecified atom stereocenters. The van der Waals surface area contributed by atoms with Crippen molar-refractivity contribution in [1.82, 2.24) is 20.3 Å². The Labute approximate surface area is 158 Å². The number of nitrogens with one attached hydrogen (secondary N) is 1. The molecular formula is C21H24N4O2. The number of benzene rings is 2. The summed E-state index contributed by atoms with van der Waals surface area (Å²) >= 11 is 0. The number of nitrogens with zero attached hydrogens (tertiary/aromatic N) is 3. The lowest BCUT2D eigenvalue weighted by Gasteiger charge is -2.24. The van der Waals surface area contributed by atoms with Crippen LogP contribution in [0.25, 0.3) is 11.0 Å². The zero-order valence-electron chi connectivity index (χ0n) is 15.5. The lowest BCUT2D eigenvalue weighted by Crippen LogP contribution is -2.46. The van der Waals surface area contributed by atoms with Crippen molar-refractivity contribution in [2.24, 2.45) is 0 Å². The number of carbonyl (C=O) groups excluding carboxylic acids is 1. The first kappa shape index (κ1) is 17.7. The quantitative estimate of drug-likeness (QED) is 0.770. The van der Waals surface area contributed by atoms with Crippen molar-refractivity contribution in [2.45, 2.75) is 12.6 Å². The van der Waals surface area contributed by atoms with Crippen LogP contribution in [-0.4, -0.2) is 60.1 Å². The monoisotopic (exact) mass is 364 g/mol. The molecule has 1 aromatic heterocycles. The highest BCUT2D eigenvalue weighted by Crippen LogP contribution is 2.18. The van der Waals surface area contributed by atoms with Crippen molar-refractivity contribution >= 4 is 16.9 Å². The Morgan fingerprint density at radius 2 is 1.89 bits per heavy atom. The highest BCUT2D eigenvalue weighted by atomic mass is 16.5. The average molecular weight is 364 g/mol. The van der Waals surface area contributed by atoms with E-state index in [1.165, 1.54) is 5.56 Å². The maximum Gasteiger partial charge on any atom is 0.274 e. The molecule has 0 aliphatic carbocycles. The van der Waals surface area contributed by atoms with Gasteiger partial charge in [0.1, 0.15) is 0 Å². The summed E-state index contributed by atoms with van der Waals surface area (Å²) in [4.78, 5) is 17.5. The van der Waals surface area contributed by atoms with Gasteiger partial charge in [0.2, 0.25) is 0 Å². The third-order valence-corrected chi connectivity index (χ3v) is 4.99. The van der Waals surface area contributed by atoms with E-state index in [1.54, 1.807) is 0 Å². The summed E-state index contributed by atoms with van der Waals surface area (Å²) in [6.07, 6.45) is 0. The van der Waals surface area contributed by atoms with Crippen molar-refractivity contribution in [3.63, 3.8) is 0 Å². The fraction of sp³-hybridized carbons (Fsp3) is 0.333. The molecule has 1 atom stereocenters. The van der Waals surface area contributed by atoms with Crippen molar-refractivity contribution in [1.29, 1.82) is 0 Å². The van der Waals surface area contributed by atoms with E-state index in [1.807, 2.05) is 30.3 Å². The SMILES string of the molecule is CN1CCN(Cc2ccccc2)CC(NC(=O)c2noc3ccccc23)C1. The minimum absolute atomic E-state index is 0.0316. The molecule has 27 heavy (non-hydrogen) atoms. The minimum Gasteiger partial charge on any atom is -0.355 e. The molecule has 1 aliphatic heterocycles. The van der Waals surface area contributed by atoms with Crippen molar-refractivity contribution < 1.29 is 9.32 Å². The Bertz CT molecular complexity index is 909. The van der Waals surface area contributed by atoms with Gasteiger partial charge in [-0.15, -0.1) is 0 Å². The van der Waals surface area contributed by atoms with E-state index in [0.29, 0.717) is 11.3 Å². The summed E-state index contributed by atoms with van der Waals surface area (Å²) in [5.41, 5.74) is 2.27. The van der Waals surface area contributed by atoms with Gasteiger partial charge in [-0.3, -0.25) is 9.69 Å². The van der Waals surface area contributed by atoms with Gasteiger partial charge in [0.15, 0.2) is 11.3 Å². The second-order valence-electron chi connectivity index (χ2n) is 7.18. The number of rotatable bonds is 4. The van der Waals surface area contributed by atoms with E-state index < -0.39 is 0 Å². The molecule has 1 N–H and O–H groups in total. The van der Waals surface area contributed by atoms with Crippen LogP contribution in [0.5, 0.6) is 0 Å². The molecule has 0 bridgehead atoms. The number of amides is 1. The molecule has 0 saturated carbocycles. The maximum atomic E-state index is 12.8. The zero-order chi connectivity index (χ0) is 18.6. The number of hydrogen-bond acceptors (Lipinski definition) is 5. The number of hydrogen-bond donors (Lipinski definition) is 1. The van der Waals surface area contributed by atoms with Crippen LogP contribution in [-0.2, 0) is 6.54 Å². The second kappa shape index (κ2) is 7.90. The van der Waals surface area contributed by atoms with Crippen LogP contribution in [0.4, 0.5) is 0 Å². The van der Waals surface area contributed by atoms with E-state index in [4.69, 9.17) is 4.52 Å². The van der Waals surface area contributed by atoms with E-state index in [9.17, 15) is 4.79 Å². The molecule has 3 aromatic rings. The Balaban J connectivity index is 1.47. The molecular weight excluding hydrogens is 340 g/mol.